The molecule has 7 heteroatoms. The monoisotopic (exact) mass is 317 g/mol. The maximum atomic E-state index is 10.7. The van der Waals surface area contributed by atoms with E-state index in [1.165, 1.54) is 0 Å². The van der Waals surface area contributed by atoms with Gasteiger partial charge in [0.25, 0.3) is 0 Å². The molecule has 0 aliphatic rings. The van der Waals surface area contributed by atoms with Crippen molar-refractivity contribution in [3.05, 3.63) is 63.0 Å². The van der Waals surface area contributed by atoms with Gasteiger partial charge in [0, 0.05) is 40.8 Å². The van der Waals surface area contributed by atoms with E-state index in [4.69, 9.17) is 0 Å². The third-order valence-electron chi connectivity index (χ3n) is 2.86. The minimum atomic E-state index is -0.364. The molecule has 0 saturated carbocycles. The van der Waals surface area contributed by atoms with Crippen LogP contribution in [0.2, 0.25) is 0 Å². The summed E-state index contributed by atoms with van der Waals surface area (Å²) in [6.07, 6.45) is 1.78. The Hall–Kier alpha value is -2.25. The molecule has 106 valence electrons. The highest BCUT2D eigenvalue weighted by Crippen LogP contribution is 2.26. The molecule has 1 N–H and O–H groups in total. The average molecular weight is 317 g/mol. The molecule has 0 aliphatic carbocycles. The standard InChI is InChI=1S/C14H11N3O2S2/c18-17(19)13-6-10(9-21-13)8-16-12-3-1-2-11(7-12)14-15-4-5-20-14/h1-7,9,16H,8H2. The van der Waals surface area contributed by atoms with E-state index in [-0.39, 0.29) is 9.92 Å². The number of thiazole rings is 1. The Bertz CT molecular complexity index is 753. The third kappa shape index (κ3) is 3.26. The molecule has 0 spiro atoms. The van der Waals surface area contributed by atoms with Crippen molar-refractivity contribution in [3.8, 4) is 10.6 Å². The van der Waals surface area contributed by atoms with Crippen molar-refractivity contribution in [2.24, 2.45) is 0 Å². The smallest absolute Gasteiger partial charge is 0.324 e. The minimum absolute atomic E-state index is 0.170. The van der Waals surface area contributed by atoms with Crippen LogP contribution in [0.25, 0.3) is 10.6 Å². The van der Waals surface area contributed by atoms with Crippen molar-refractivity contribution in [1.82, 2.24) is 4.98 Å². The van der Waals surface area contributed by atoms with E-state index in [2.05, 4.69) is 10.3 Å². The van der Waals surface area contributed by atoms with Gasteiger partial charge in [0.2, 0.25) is 0 Å². The third-order valence-corrected chi connectivity index (χ3v) is 4.61. The van der Waals surface area contributed by atoms with Crippen LogP contribution in [0.1, 0.15) is 5.56 Å². The summed E-state index contributed by atoms with van der Waals surface area (Å²) >= 11 is 2.74. The number of nitro groups is 1. The fourth-order valence-electron chi connectivity index (χ4n) is 1.88. The van der Waals surface area contributed by atoms with Crippen LogP contribution >= 0.6 is 22.7 Å². The van der Waals surface area contributed by atoms with Gasteiger partial charge in [-0.3, -0.25) is 10.1 Å². The zero-order valence-electron chi connectivity index (χ0n) is 10.9. The van der Waals surface area contributed by atoms with Crippen molar-refractivity contribution >= 4 is 33.4 Å². The number of aromatic nitrogens is 1. The van der Waals surface area contributed by atoms with E-state index < -0.39 is 0 Å². The van der Waals surface area contributed by atoms with Crippen molar-refractivity contribution < 1.29 is 4.92 Å². The maximum absolute atomic E-state index is 10.7. The lowest BCUT2D eigenvalue weighted by Crippen LogP contribution is -1.98. The Kier molecular flexibility index (Phi) is 3.94. The van der Waals surface area contributed by atoms with E-state index in [0.717, 1.165) is 33.2 Å². The van der Waals surface area contributed by atoms with Crippen molar-refractivity contribution in [2.45, 2.75) is 6.54 Å². The molecule has 2 heterocycles. The van der Waals surface area contributed by atoms with Gasteiger partial charge in [-0.1, -0.05) is 23.5 Å². The molecule has 0 unspecified atom stereocenters. The Morgan fingerprint density at radius 2 is 2.19 bits per heavy atom. The SMILES string of the molecule is O=[N+]([O-])c1cc(CNc2cccc(-c3nccs3)c2)cs1. The van der Waals surface area contributed by atoms with Gasteiger partial charge in [0.05, 0.1) is 4.92 Å². The molecular weight excluding hydrogens is 306 g/mol. The molecular formula is C14H11N3O2S2. The zero-order valence-corrected chi connectivity index (χ0v) is 12.5. The Balaban J connectivity index is 1.70. The second kappa shape index (κ2) is 6.02. The van der Waals surface area contributed by atoms with Crippen LogP contribution in [-0.4, -0.2) is 9.91 Å². The fourth-order valence-corrected chi connectivity index (χ4v) is 3.25. The van der Waals surface area contributed by atoms with Crippen LogP contribution < -0.4 is 5.32 Å². The first-order chi connectivity index (χ1) is 10.2. The van der Waals surface area contributed by atoms with Gasteiger partial charge in [-0.25, -0.2) is 4.98 Å². The molecule has 0 saturated heterocycles. The van der Waals surface area contributed by atoms with Gasteiger partial charge in [0.1, 0.15) is 5.01 Å². The van der Waals surface area contributed by atoms with Crippen LogP contribution in [0, 0.1) is 10.1 Å². The predicted molar refractivity (Wildman–Crippen MR) is 85.9 cm³/mol. The van der Waals surface area contributed by atoms with E-state index in [1.807, 2.05) is 29.6 Å². The van der Waals surface area contributed by atoms with Gasteiger partial charge >= 0.3 is 5.00 Å². The second-order valence-electron chi connectivity index (χ2n) is 4.32. The molecule has 2 aromatic heterocycles. The van der Waals surface area contributed by atoms with Crippen LogP contribution in [0.15, 0.2) is 47.3 Å². The molecule has 3 aromatic rings. The number of hydrogen-bond donors (Lipinski definition) is 1. The molecule has 0 radical (unpaired) electrons. The quantitative estimate of drug-likeness (QED) is 0.559. The molecule has 0 fully saturated rings. The summed E-state index contributed by atoms with van der Waals surface area (Å²) in [5.41, 5.74) is 2.94. The summed E-state index contributed by atoms with van der Waals surface area (Å²) in [6.45, 7) is 0.561. The molecule has 0 atom stereocenters. The second-order valence-corrected chi connectivity index (χ2v) is 6.11. The highest BCUT2D eigenvalue weighted by molar-refractivity contribution is 7.13. The average Bonchev–Trinajstić information content (AvgIpc) is 3.17. The van der Waals surface area contributed by atoms with Gasteiger partial charge in [-0.15, -0.1) is 11.3 Å². The normalized spacial score (nSPS) is 10.5. The Morgan fingerprint density at radius 1 is 1.29 bits per heavy atom. The first-order valence-corrected chi connectivity index (χ1v) is 7.94. The highest BCUT2D eigenvalue weighted by atomic mass is 32.1. The Labute approximate surface area is 129 Å². The van der Waals surface area contributed by atoms with Crippen LogP contribution in [0.4, 0.5) is 10.7 Å². The summed E-state index contributed by atoms with van der Waals surface area (Å²) in [7, 11) is 0. The van der Waals surface area contributed by atoms with E-state index >= 15 is 0 Å². The zero-order chi connectivity index (χ0) is 14.7. The lowest BCUT2D eigenvalue weighted by Gasteiger charge is -2.06. The number of anilines is 1. The number of benzene rings is 1. The van der Waals surface area contributed by atoms with E-state index in [1.54, 1.807) is 29.0 Å². The van der Waals surface area contributed by atoms with Gasteiger partial charge < -0.3 is 5.32 Å². The van der Waals surface area contributed by atoms with Crippen molar-refractivity contribution in [2.75, 3.05) is 5.32 Å². The summed E-state index contributed by atoms with van der Waals surface area (Å²) < 4.78 is 0. The van der Waals surface area contributed by atoms with Crippen LogP contribution in [0.5, 0.6) is 0 Å². The van der Waals surface area contributed by atoms with E-state index in [9.17, 15) is 10.1 Å². The van der Waals surface area contributed by atoms with E-state index in [0.29, 0.717) is 6.54 Å². The fraction of sp³-hybridized carbons (Fsp3) is 0.0714. The number of hydrogen-bond acceptors (Lipinski definition) is 6. The lowest BCUT2D eigenvalue weighted by molar-refractivity contribution is -0.380. The minimum Gasteiger partial charge on any atom is -0.381 e. The number of thiophene rings is 1. The Morgan fingerprint density at radius 3 is 2.90 bits per heavy atom. The molecule has 21 heavy (non-hydrogen) atoms. The molecule has 0 bridgehead atoms. The summed E-state index contributed by atoms with van der Waals surface area (Å²) in [5, 5.41) is 18.8. The van der Waals surface area contributed by atoms with Gasteiger partial charge in [0.15, 0.2) is 0 Å². The van der Waals surface area contributed by atoms with Crippen LogP contribution in [-0.2, 0) is 6.54 Å². The predicted octanol–water partition coefficient (Wildman–Crippen LogP) is 4.39. The lowest BCUT2D eigenvalue weighted by atomic mass is 10.2. The number of nitrogens with zero attached hydrogens (tertiary/aromatic N) is 2. The molecule has 5 nitrogen and oxygen atoms in total. The molecule has 3 rings (SSSR count). The van der Waals surface area contributed by atoms with Gasteiger partial charge in [-0.05, 0) is 17.7 Å². The topological polar surface area (TPSA) is 68.1 Å². The first-order valence-electron chi connectivity index (χ1n) is 6.18. The summed E-state index contributed by atoms with van der Waals surface area (Å²) in [4.78, 5) is 14.6. The van der Waals surface area contributed by atoms with Crippen LogP contribution in [0.3, 0.4) is 0 Å². The molecule has 0 amide bonds. The van der Waals surface area contributed by atoms with Crippen molar-refractivity contribution in [1.29, 1.82) is 0 Å². The maximum Gasteiger partial charge on any atom is 0.324 e. The first kappa shape index (κ1) is 13.7. The molecule has 1 aromatic carbocycles. The largest absolute Gasteiger partial charge is 0.381 e. The highest BCUT2D eigenvalue weighted by Gasteiger charge is 2.09. The summed E-state index contributed by atoms with van der Waals surface area (Å²) in [6, 6.07) is 9.58. The van der Waals surface area contributed by atoms with Gasteiger partial charge in [-0.2, -0.15) is 0 Å². The summed E-state index contributed by atoms with van der Waals surface area (Å²) in [5.74, 6) is 0. The van der Waals surface area contributed by atoms with Crippen molar-refractivity contribution in [3.63, 3.8) is 0 Å². The number of rotatable bonds is 5. The number of nitrogens with one attached hydrogen (secondary N) is 1. The molecule has 0 aliphatic heterocycles.